The number of carboxylic acid groups (broad SMARTS) is 1. The van der Waals surface area contributed by atoms with Gasteiger partial charge in [0, 0.05) is 19.0 Å². The number of carbonyl (C=O) groups is 1. The molecule has 0 spiro atoms. The zero-order chi connectivity index (χ0) is 13.6. The molecule has 104 valence electrons. The van der Waals surface area contributed by atoms with Crippen LogP contribution in [0.5, 0.6) is 0 Å². The minimum absolute atomic E-state index is 0.240. The first-order chi connectivity index (χ1) is 9.04. The highest BCUT2D eigenvalue weighted by atomic mass is 16.4. The van der Waals surface area contributed by atoms with Crippen LogP contribution in [0.4, 0.5) is 0 Å². The van der Waals surface area contributed by atoms with Gasteiger partial charge in [-0.15, -0.1) is 0 Å². The Balaban J connectivity index is 1.48. The van der Waals surface area contributed by atoms with Crippen LogP contribution in [0.15, 0.2) is 16.5 Å². The van der Waals surface area contributed by atoms with E-state index in [-0.39, 0.29) is 11.8 Å². The van der Waals surface area contributed by atoms with E-state index in [1.165, 1.54) is 6.42 Å². The summed E-state index contributed by atoms with van der Waals surface area (Å²) in [4.78, 5) is 13.1. The summed E-state index contributed by atoms with van der Waals surface area (Å²) in [6.45, 7) is 6.58. The monoisotopic (exact) mass is 263 g/mol. The molecule has 2 aliphatic rings. The van der Waals surface area contributed by atoms with Crippen LogP contribution < -0.4 is 0 Å². The van der Waals surface area contributed by atoms with Gasteiger partial charge in [-0.2, -0.15) is 0 Å². The van der Waals surface area contributed by atoms with Gasteiger partial charge in [-0.3, -0.25) is 9.69 Å². The Morgan fingerprint density at radius 2 is 2.21 bits per heavy atom. The van der Waals surface area contributed by atoms with Crippen molar-refractivity contribution in [2.75, 3.05) is 13.1 Å². The number of hydrogen-bond acceptors (Lipinski definition) is 3. The van der Waals surface area contributed by atoms with Gasteiger partial charge in [0.1, 0.15) is 11.5 Å². The van der Waals surface area contributed by atoms with Crippen molar-refractivity contribution in [1.82, 2.24) is 4.90 Å². The SMILES string of the molecule is CC1CC1c1ccc(CN2CC(C(C)C(=O)O)C2)o1. The normalized spacial score (nSPS) is 28.9. The number of carboxylic acids is 1. The third kappa shape index (κ3) is 2.54. The van der Waals surface area contributed by atoms with Crippen molar-refractivity contribution in [1.29, 1.82) is 0 Å². The average molecular weight is 263 g/mol. The van der Waals surface area contributed by atoms with Crippen LogP contribution in [0.2, 0.25) is 0 Å². The van der Waals surface area contributed by atoms with Gasteiger partial charge in [-0.1, -0.05) is 13.8 Å². The molecule has 4 nitrogen and oxygen atoms in total. The predicted molar refractivity (Wildman–Crippen MR) is 70.8 cm³/mol. The lowest BCUT2D eigenvalue weighted by molar-refractivity contribution is -0.145. The van der Waals surface area contributed by atoms with Crippen molar-refractivity contribution in [2.45, 2.75) is 32.7 Å². The predicted octanol–water partition coefficient (Wildman–Crippen LogP) is 2.56. The topological polar surface area (TPSA) is 53.7 Å². The molecule has 0 aromatic carbocycles. The lowest BCUT2D eigenvalue weighted by Crippen LogP contribution is -2.50. The summed E-state index contributed by atoms with van der Waals surface area (Å²) in [6.07, 6.45) is 1.24. The van der Waals surface area contributed by atoms with Gasteiger partial charge in [0.05, 0.1) is 12.5 Å². The van der Waals surface area contributed by atoms with Gasteiger partial charge in [0.2, 0.25) is 0 Å². The second-order valence-corrected chi connectivity index (χ2v) is 6.20. The summed E-state index contributed by atoms with van der Waals surface area (Å²) in [7, 11) is 0. The molecule has 1 saturated carbocycles. The van der Waals surface area contributed by atoms with Gasteiger partial charge in [0.25, 0.3) is 0 Å². The van der Waals surface area contributed by atoms with E-state index in [1.807, 2.05) is 0 Å². The van der Waals surface area contributed by atoms with Crippen molar-refractivity contribution < 1.29 is 14.3 Å². The van der Waals surface area contributed by atoms with Crippen molar-refractivity contribution in [3.63, 3.8) is 0 Å². The molecule has 1 aliphatic carbocycles. The summed E-state index contributed by atoms with van der Waals surface area (Å²) in [6, 6.07) is 4.16. The average Bonchev–Trinajstić information content (AvgIpc) is 2.87. The van der Waals surface area contributed by atoms with Gasteiger partial charge in [-0.25, -0.2) is 0 Å². The molecule has 1 aromatic heterocycles. The highest BCUT2D eigenvalue weighted by molar-refractivity contribution is 5.70. The summed E-state index contributed by atoms with van der Waals surface area (Å²) in [5, 5.41) is 8.95. The molecule has 19 heavy (non-hydrogen) atoms. The van der Waals surface area contributed by atoms with Crippen LogP contribution >= 0.6 is 0 Å². The molecule has 0 bridgehead atoms. The molecule has 3 rings (SSSR count). The molecule has 1 saturated heterocycles. The Morgan fingerprint density at radius 1 is 1.53 bits per heavy atom. The fraction of sp³-hybridized carbons (Fsp3) is 0.667. The van der Waals surface area contributed by atoms with Gasteiger partial charge < -0.3 is 9.52 Å². The summed E-state index contributed by atoms with van der Waals surface area (Å²) in [5.41, 5.74) is 0. The number of furan rings is 1. The lowest BCUT2D eigenvalue weighted by Gasteiger charge is -2.40. The standard InChI is InChI=1S/C15H21NO3/c1-9-5-13(9)14-4-3-12(19-14)8-16-6-11(7-16)10(2)15(17)18/h3-4,9-11,13H,5-8H2,1-2H3,(H,17,18). The molecule has 0 radical (unpaired) electrons. The van der Waals surface area contributed by atoms with Crippen molar-refractivity contribution in [3.05, 3.63) is 23.7 Å². The maximum Gasteiger partial charge on any atom is 0.306 e. The van der Waals surface area contributed by atoms with E-state index in [1.54, 1.807) is 6.92 Å². The molecule has 2 fully saturated rings. The fourth-order valence-electron chi connectivity index (χ4n) is 2.87. The first-order valence-corrected chi connectivity index (χ1v) is 7.08. The van der Waals surface area contributed by atoms with E-state index in [0.29, 0.717) is 5.92 Å². The van der Waals surface area contributed by atoms with E-state index in [0.717, 1.165) is 37.1 Å². The highest BCUT2D eigenvalue weighted by Gasteiger charge is 2.37. The van der Waals surface area contributed by atoms with Gasteiger partial charge in [0.15, 0.2) is 0 Å². The van der Waals surface area contributed by atoms with Crippen molar-refractivity contribution >= 4 is 5.97 Å². The number of hydrogen-bond donors (Lipinski definition) is 1. The minimum Gasteiger partial charge on any atom is -0.481 e. The van der Waals surface area contributed by atoms with E-state index in [9.17, 15) is 4.79 Å². The Hall–Kier alpha value is -1.29. The zero-order valence-electron chi connectivity index (χ0n) is 11.5. The van der Waals surface area contributed by atoms with E-state index in [2.05, 4.69) is 24.0 Å². The highest BCUT2D eigenvalue weighted by Crippen LogP contribution is 2.47. The molecule has 3 atom stereocenters. The van der Waals surface area contributed by atoms with Crippen LogP contribution in [0, 0.1) is 17.8 Å². The number of likely N-dealkylation sites (tertiary alicyclic amines) is 1. The minimum atomic E-state index is -0.687. The number of nitrogens with zero attached hydrogens (tertiary/aromatic N) is 1. The molecule has 0 amide bonds. The Morgan fingerprint density at radius 3 is 2.79 bits per heavy atom. The summed E-state index contributed by atoms with van der Waals surface area (Å²) < 4.78 is 5.87. The largest absolute Gasteiger partial charge is 0.481 e. The molecule has 1 aromatic rings. The zero-order valence-corrected chi connectivity index (χ0v) is 11.5. The quantitative estimate of drug-likeness (QED) is 0.887. The molecule has 2 heterocycles. The van der Waals surface area contributed by atoms with E-state index < -0.39 is 5.97 Å². The van der Waals surface area contributed by atoms with Crippen LogP contribution in [-0.2, 0) is 11.3 Å². The van der Waals surface area contributed by atoms with Gasteiger partial charge >= 0.3 is 5.97 Å². The Kier molecular flexibility index (Phi) is 3.13. The van der Waals surface area contributed by atoms with Crippen LogP contribution in [0.3, 0.4) is 0 Å². The third-order valence-corrected chi connectivity index (χ3v) is 4.62. The summed E-state index contributed by atoms with van der Waals surface area (Å²) in [5.74, 6) is 2.89. The van der Waals surface area contributed by atoms with Crippen molar-refractivity contribution in [3.8, 4) is 0 Å². The van der Waals surface area contributed by atoms with E-state index >= 15 is 0 Å². The number of rotatable bonds is 5. The number of aliphatic carboxylic acids is 1. The molecular weight excluding hydrogens is 242 g/mol. The summed E-state index contributed by atoms with van der Waals surface area (Å²) >= 11 is 0. The molecular formula is C15H21NO3. The van der Waals surface area contributed by atoms with Crippen molar-refractivity contribution in [2.24, 2.45) is 17.8 Å². The maximum atomic E-state index is 10.9. The first-order valence-electron chi connectivity index (χ1n) is 7.08. The first kappa shape index (κ1) is 12.7. The fourth-order valence-corrected chi connectivity index (χ4v) is 2.87. The molecule has 1 aliphatic heterocycles. The maximum absolute atomic E-state index is 10.9. The Bertz CT molecular complexity index is 475. The Labute approximate surface area is 113 Å². The second kappa shape index (κ2) is 4.67. The smallest absolute Gasteiger partial charge is 0.306 e. The molecule has 1 N–H and O–H groups in total. The third-order valence-electron chi connectivity index (χ3n) is 4.62. The van der Waals surface area contributed by atoms with E-state index in [4.69, 9.17) is 9.52 Å². The van der Waals surface area contributed by atoms with Crippen LogP contribution in [-0.4, -0.2) is 29.1 Å². The van der Waals surface area contributed by atoms with Crippen LogP contribution in [0.25, 0.3) is 0 Å². The van der Waals surface area contributed by atoms with Gasteiger partial charge in [-0.05, 0) is 30.4 Å². The van der Waals surface area contributed by atoms with Crippen LogP contribution in [0.1, 0.15) is 37.7 Å². The lowest BCUT2D eigenvalue weighted by atomic mass is 9.87. The second-order valence-electron chi connectivity index (χ2n) is 6.20. The molecule has 4 heteroatoms. The molecule has 3 unspecified atom stereocenters.